The predicted molar refractivity (Wildman–Crippen MR) is 69.6 cm³/mol. The Kier molecular flexibility index (Phi) is 4.86. The van der Waals surface area contributed by atoms with Crippen LogP contribution < -0.4 is 10.6 Å². The molecular weight excluding hydrogens is 251 g/mol. The molecule has 0 aliphatic rings. The van der Waals surface area contributed by atoms with Crippen LogP contribution in [0.1, 0.15) is 19.4 Å². The maximum atomic E-state index is 13.4. The summed E-state index contributed by atoms with van der Waals surface area (Å²) in [5, 5.41) is 13.5. The van der Waals surface area contributed by atoms with E-state index in [0.29, 0.717) is 0 Å². The van der Waals surface area contributed by atoms with E-state index in [2.05, 4.69) is 10.6 Å². The second-order valence-electron chi connectivity index (χ2n) is 4.64. The smallest absolute Gasteiger partial charge is 0.326 e. The largest absolute Gasteiger partial charge is 0.480 e. The second-order valence-corrected chi connectivity index (χ2v) is 4.64. The van der Waals surface area contributed by atoms with Gasteiger partial charge in [0, 0.05) is 0 Å². The summed E-state index contributed by atoms with van der Waals surface area (Å²) in [7, 11) is 0. The van der Waals surface area contributed by atoms with Gasteiger partial charge in [0.15, 0.2) is 0 Å². The quantitative estimate of drug-likeness (QED) is 0.784. The fourth-order valence-corrected chi connectivity index (χ4v) is 1.55. The fraction of sp³-hybridized carbons (Fsp3) is 0.385. The summed E-state index contributed by atoms with van der Waals surface area (Å²) < 4.78 is 13.4. The average Bonchev–Trinajstić information content (AvgIpc) is 2.30. The van der Waals surface area contributed by atoms with Gasteiger partial charge in [-0.2, -0.15) is 0 Å². The summed E-state index contributed by atoms with van der Waals surface area (Å²) in [6.45, 7) is 5.11. The van der Waals surface area contributed by atoms with Crippen molar-refractivity contribution in [2.24, 2.45) is 5.92 Å². The van der Waals surface area contributed by atoms with Gasteiger partial charge in [-0.3, -0.25) is 0 Å². The molecule has 0 fully saturated rings. The Morgan fingerprint density at radius 2 is 1.95 bits per heavy atom. The van der Waals surface area contributed by atoms with Crippen molar-refractivity contribution in [1.29, 1.82) is 0 Å². The highest BCUT2D eigenvalue weighted by Gasteiger charge is 2.23. The number of carboxylic acid groups (broad SMARTS) is 1. The summed E-state index contributed by atoms with van der Waals surface area (Å²) >= 11 is 0. The summed E-state index contributed by atoms with van der Waals surface area (Å²) in [4.78, 5) is 22.6. The third-order valence-electron chi connectivity index (χ3n) is 2.59. The van der Waals surface area contributed by atoms with Crippen molar-refractivity contribution >= 4 is 17.7 Å². The van der Waals surface area contributed by atoms with Gasteiger partial charge in [0.05, 0.1) is 5.69 Å². The second kappa shape index (κ2) is 6.17. The number of carboxylic acids is 1. The monoisotopic (exact) mass is 268 g/mol. The van der Waals surface area contributed by atoms with E-state index < -0.39 is 23.9 Å². The van der Waals surface area contributed by atoms with Crippen molar-refractivity contribution in [1.82, 2.24) is 5.32 Å². The number of carbonyl (C=O) groups excluding carboxylic acids is 1. The molecule has 3 N–H and O–H groups in total. The Bertz CT molecular complexity index is 489. The number of amides is 2. The number of nitrogens with one attached hydrogen (secondary N) is 2. The number of rotatable bonds is 4. The Morgan fingerprint density at radius 1 is 1.32 bits per heavy atom. The first-order valence-electron chi connectivity index (χ1n) is 5.87. The molecule has 0 saturated heterocycles. The van der Waals surface area contributed by atoms with Crippen LogP contribution in [-0.4, -0.2) is 23.1 Å². The van der Waals surface area contributed by atoms with Gasteiger partial charge in [-0.1, -0.05) is 19.9 Å². The first-order valence-corrected chi connectivity index (χ1v) is 5.87. The number of aliphatic carboxylic acids is 1. The van der Waals surface area contributed by atoms with Gasteiger partial charge in [0.2, 0.25) is 0 Å². The van der Waals surface area contributed by atoms with Crippen LogP contribution in [0.25, 0.3) is 0 Å². The predicted octanol–water partition coefficient (Wildman–Crippen LogP) is 2.36. The third kappa shape index (κ3) is 4.24. The first kappa shape index (κ1) is 14.9. The third-order valence-corrected chi connectivity index (χ3v) is 2.59. The van der Waals surface area contributed by atoms with Crippen LogP contribution in [0.15, 0.2) is 18.2 Å². The highest BCUT2D eigenvalue weighted by Crippen LogP contribution is 2.15. The van der Waals surface area contributed by atoms with Gasteiger partial charge < -0.3 is 15.7 Å². The number of hydrogen-bond donors (Lipinski definition) is 3. The molecule has 6 heteroatoms. The maximum Gasteiger partial charge on any atom is 0.326 e. The van der Waals surface area contributed by atoms with E-state index >= 15 is 0 Å². The Balaban J connectivity index is 2.74. The van der Waals surface area contributed by atoms with E-state index in [4.69, 9.17) is 5.11 Å². The van der Waals surface area contributed by atoms with Gasteiger partial charge in [0.1, 0.15) is 11.9 Å². The minimum Gasteiger partial charge on any atom is -0.480 e. The molecular formula is C13H17FN2O3. The number of benzene rings is 1. The Hall–Kier alpha value is -2.11. The summed E-state index contributed by atoms with van der Waals surface area (Å²) in [5.74, 6) is -1.97. The van der Waals surface area contributed by atoms with E-state index in [-0.39, 0.29) is 11.6 Å². The lowest BCUT2D eigenvalue weighted by molar-refractivity contribution is -0.140. The highest BCUT2D eigenvalue weighted by atomic mass is 19.1. The lowest BCUT2D eigenvalue weighted by Gasteiger charge is -2.18. The number of anilines is 1. The molecule has 0 bridgehead atoms. The summed E-state index contributed by atoms with van der Waals surface area (Å²) in [6, 6.07) is 2.52. The van der Waals surface area contributed by atoms with Gasteiger partial charge >= 0.3 is 12.0 Å². The van der Waals surface area contributed by atoms with Gasteiger partial charge in [-0.15, -0.1) is 0 Å². The van der Waals surface area contributed by atoms with E-state index in [1.54, 1.807) is 26.8 Å². The van der Waals surface area contributed by atoms with Gasteiger partial charge in [-0.05, 0) is 30.5 Å². The number of urea groups is 1. The van der Waals surface area contributed by atoms with Crippen LogP contribution in [0.3, 0.4) is 0 Å². The normalized spacial score (nSPS) is 12.1. The van der Waals surface area contributed by atoms with E-state index in [9.17, 15) is 14.0 Å². The molecule has 19 heavy (non-hydrogen) atoms. The standard InChI is InChI=1S/C13H17FN2O3/c1-7(2)11(12(17)18)16-13(19)15-10-6-8(3)4-5-9(10)14/h4-7,11H,1-3H3,(H,17,18)(H2,15,16,19)/t11-/m1/s1. The van der Waals surface area contributed by atoms with Crippen LogP contribution in [0.4, 0.5) is 14.9 Å². The van der Waals surface area contributed by atoms with E-state index in [0.717, 1.165) is 5.56 Å². The summed E-state index contributed by atoms with van der Waals surface area (Å²) in [6.07, 6.45) is 0. The summed E-state index contributed by atoms with van der Waals surface area (Å²) in [5.41, 5.74) is 0.806. The maximum absolute atomic E-state index is 13.4. The molecule has 0 spiro atoms. The molecule has 104 valence electrons. The molecule has 1 aromatic rings. The number of halogens is 1. The van der Waals surface area contributed by atoms with Crippen molar-refractivity contribution in [3.8, 4) is 0 Å². The van der Waals surface area contributed by atoms with Gasteiger partial charge in [0.25, 0.3) is 0 Å². The Morgan fingerprint density at radius 3 is 2.47 bits per heavy atom. The SMILES string of the molecule is Cc1ccc(F)c(NC(=O)N[C@@H](C(=O)O)C(C)C)c1. The van der Waals surface area contributed by atoms with Crippen molar-refractivity contribution in [2.75, 3.05) is 5.32 Å². The highest BCUT2D eigenvalue weighted by molar-refractivity contribution is 5.92. The molecule has 0 saturated carbocycles. The van der Waals surface area contributed by atoms with Crippen LogP contribution in [0, 0.1) is 18.7 Å². The van der Waals surface area contributed by atoms with E-state index in [1.807, 2.05) is 0 Å². The zero-order valence-electron chi connectivity index (χ0n) is 11.0. The molecule has 0 heterocycles. The minimum absolute atomic E-state index is 0.0189. The molecule has 2 amide bonds. The van der Waals surface area contributed by atoms with Crippen LogP contribution in [0.2, 0.25) is 0 Å². The molecule has 5 nitrogen and oxygen atoms in total. The van der Waals surface area contributed by atoms with Crippen LogP contribution in [0.5, 0.6) is 0 Å². The molecule has 0 aromatic heterocycles. The Labute approximate surface area is 110 Å². The van der Waals surface area contributed by atoms with Crippen molar-refractivity contribution in [3.63, 3.8) is 0 Å². The number of carbonyl (C=O) groups is 2. The average molecular weight is 268 g/mol. The van der Waals surface area contributed by atoms with Crippen LogP contribution in [-0.2, 0) is 4.79 Å². The molecule has 1 atom stereocenters. The topological polar surface area (TPSA) is 78.4 Å². The molecule has 1 aromatic carbocycles. The molecule has 0 aliphatic heterocycles. The fourth-order valence-electron chi connectivity index (χ4n) is 1.55. The van der Waals surface area contributed by atoms with Crippen molar-refractivity contribution in [3.05, 3.63) is 29.6 Å². The molecule has 0 aliphatic carbocycles. The molecule has 0 unspecified atom stereocenters. The minimum atomic E-state index is -1.13. The number of aryl methyl sites for hydroxylation is 1. The van der Waals surface area contributed by atoms with E-state index in [1.165, 1.54) is 12.1 Å². The lowest BCUT2D eigenvalue weighted by Crippen LogP contribution is -2.46. The number of hydrogen-bond acceptors (Lipinski definition) is 2. The molecule has 1 rings (SSSR count). The van der Waals surface area contributed by atoms with Crippen LogP contribution >= 0.6 is 0 Å². The zero-order chi connectivity index (χ0) is 14.6. The lowest BCUT2D eigenvalue weighted by atomic mass is 10.1. The first-order chi connectivity index (χ1) is 8.81. The van der Waals surface area contributed by atoms with Gasteiger partial charge in [-0.25, -0.2) is 14.0 Å². The van der Waals surface area contributed by atoms with Crippen molar-refractivity contribution in [2.45, 2.75) is 26.8 Å². The zero-order valence-corrected chi connectivity index (χ0v) is 11.0. The van der Waals surface area contributed by atoms with Crippen molar-refractivity contribution < 1.29 is 19.1 Å². The molecule has 0 radical (unpaired) electrons.